The third-order valence-corrected chi connectivity index (χ3v) is 10.8. The first kappa shape index (κ1) is 24.9. The van der Waals surface area contributed by atoms with Gasteiger partial charge in [0, 0.05) is 20.2 Å². The zero-order chi connectivity index (χ0) is 29.5. The average Bonchev–Trinajstić information content (AvgIpc) is 3.49. The second kappa shape index (κ2) is 9.50. The molecule has 0 N–H and O–H groups in total. The van der Waals surface area contributed by atoms with Crippen molar-refractivity contribution in [1.82, 2.24) is 0 Å². The molecule has 0 nitrogen and oxygen atoms in total. The highest BCUT2D eigenvalue weighted by molar-refractivity contribution is 7.25. The van der Waals surface area contributed by atoms with Crippen LogP contribution in [-0.4, -0.2) is 0 Å². The average molecular weight is 587 g/mol. The molecule has 0 fully saturated rings. The van der Waals surface area contributed by atoms with Crippen LogP contribution in [0.3, 0.4) is 0 Å². The maximum atomic E-state index is 2.42. The van der Waals surface area contributed by atoms with Gasteiger partial charge in [-0.25, -0.2) is 0 Å². The van der Waals surface area contributed by atoms with Crippen LogP contribution in [0, 0.1) is 0 Å². The molecule has 0 saturated carbocycles. The summed E-state index contributed by atoms with van der Waals surface area (Å²) in [5.74, 6) is 0. The van der Waals surface area contributed by atoms with E-state index >= 15 is 0 Å². The molecule has 0 radical (unpaired) electrons. The minimum atomic E-state index is 1.23. The summed E-state index contributed by atoms with van der Waals surface area (Å²) in [5, 5.41) is 15.8. The van der Waals surface area contributed by atoms with Crippen molar-refractivity contribution in [2.24, 2.45) is 0 Å². The highest BCUT2D eigenvalue weighted by Gasteiger charge is 2.16. The number of hydrogen-bond donors (Lipinski definition) is 0. The van der Waals surface area contributed by atoms with Gasteiger partial charge in [-0.1, -0.05) is 140 Å². The van der Waals surface area contributed by atoms with Gasteiger partial charge >= 0.3 is 0 Å². The molecule has 0 bridgehead atoms. The Hall–Kier alpha value is -5.50. The Labute approximate surface area is 264 Å². The van der Waals surface area contributed by atoms with Gasteiger partial charge in [-0.2, -0.15) is 0 Å². The van der Waals surface area contributed by atoms with Crippen molar-refractivity contribution in [1.29, 1.82) is 0 Å². The lowest BCUT2D eigenvalue weighted by atomic mass is 9.86. The molecular formula is C44H26S. The van der Waals surface area contributed by atoms with Crippen LogP contribution in [0.1, 0.15) is 0 Å². The van der Waals surface area contributed by atoms with Gasteiger partial charge < -0.3 is 0 Å². The Morgan fingerprint density at radius 1 is 0.244 bits per heavy atom. The molecule has 208 valence electrons. The predicted octanol–water partition coefficient (Wildman–Crippen LogP) is 13.2. The number of fused-ring (bicyclic) bond motifs is 14. The highest BCUT2D eigenvalue weighted by atomic mass is 32.1. The van der Waals surface area contributed by atoms with Crippen LogP contribution < -0.4 is 0 Å². The van der Waals surface area contributed by atoms with Gasteiger partial charge in [0.1, 0.15) is 0 Å². The zero-order valence-electron chi connectivity index (χ0n) is 24.4. The van der Waals surface area contributed by atoms with Crippen LogP contribution in [0.4, 0.5) is 0 Å². The molecule has 0 saturated heterocycles. The van der Waals surface area contributed by atoms with Crippen molar-refractivity contribution in [3.05, 3.63) is 158 Å². The molecule has 10 aromatic rings. The van der Waals surface area contributed by atoms with Gasteiger partial charge in [-0.15, -0.1) is 11.3 Å². The number of hydrogen-bond acceptors (Lipinski definition) is 1. The molecule has 9 aromatic carbocycles. The summed E-state index contributed by atoms with van der Waals surface area (Å²) in [6.07, 6.45) is 0. The Morgan fingerprint density at radius 3 is 1.20 bits per heavy atom. The van der Waals surface area contributed by atoms with Crippen molar-refractivity contribution in [3.63, 3.8) is 0 Å². The van der Waals surface area contributed by atoms with Gasteiger partial charge in [0.05, 0.1) is 0 Å². The lowest BCUT2D eigenvalue weighted by Gasteiger charge is -2.17. The molecule has 0 aliphatic heterocycles. The van der Waals surface area contributed by atoms with Crippen LogP contribution in [0.15, 0.2) is 158 Å². The molecule has 0 atom stereocenters. The van der Waals surface area contributed by atoms with E-state index in [1.165, 1.54) is 96.3 Å². The fraction of sp³-hybridized carbons (Fsp3) is 0. The SMILES string of the molecule is c1ccc2c(c1)sc1cc(-c3ccc(-c4ccc5c6ccccc6c6c7ccccc7c7ccccc7c6c5c4)cc3)ccc12. The Kier molecular flexibility index (Phi) is 5.25. The maximum Gasteiger partial charge on any atom is 0.0361 e. The monoisotopic (exact) mass is 586 g/mol. The van der Waals surface area contributed by atoms with E-state index in [1.54, 1.807) is 0 Å². The third kappa shape index (κ3) is 3.65. The molecule has 0 unspecified atom stereocenters. The summed E-state index contributed by atoms with van der Waals surface area (Å²) in [7, 11) is 0. The summed E-state index contributed by atoms with van der Waals surface area (Å²) in [6, 6.07) is 58.5. The van der Waals surface area contributed by atoms with E-state index in [9.17, 15) is 0 Å². The van der Waals surface area contributed by atoms with E-state index in [2.05, 4.69) is 158 Å². The molecule has 1 aromatic heterocycles. The Balaban J connectivity index is 1.18. The summed E-state index contributed by atoms with van der Waals surface area (Å²) in [6.45, 7) is 0. The summed E-state index contributed by atoms with van der Waals surface area (Å²) in [5.41, 5.74) is 4.97. The van der Waals surface area contributed by atoms with Crippen molar-refractivity contribution < 1.29 is 0 Å². The van der Waals surface area contributed by atoms with E-state index in [0.29, 0.717) is 0 Å². The largest absolute Gasteiger partial charge is 0.135 e. The molecule has 0 spiro atoms. The number of benzene rings is 9. The molecular weight excluding hydrogens is 561 g/mol. The first-order valence-electron chi connectivity index (χ1n) is 15.5. The quantitative estimate of drug-likeness (QED) is 0.177. The standard InChI is InChI=1S/C44H26S/c1-4-13-37-31(9-1)32-10-2-6-15-39(32)44-40-25-29(21-23-34(40)33-11-3-5-14-38(33)43(37)44)27-17-19-28(20-18-27)30-22-24-36-35-12-7-8-16-41(35)45-42(36)26-30/h1-26H. The minimum Gasteiger partial charge on any atom is -0.135 e. The third-order valence-electron chi connectivity index (χ3n) is 9.64. The summed E-state index contributed by atoms with van der Waals surface area (Å²) in [4.78, 5) is 0. The number of thiophene rings is 1. The Morgan fingerprint density at radius 2 is 0.622 bits per heavy atom. The molecule has 0 aliphatic rings. The van der Waals surface area contributed by atoms with Crippen molar-refractivity contribution in [2.75, 3.05) is 0 Å². The maximum absolute atomic E-state index is 2.42. The first-order chi connectivity index (χ1) is 22.3. The summed E-state index contributed by atoms with van der Waals surface area (Å²) >= 11 is 1.87. The fourth-order valence-corrected chi connectivity index (χ4v) is 8.71. The Bertz CT molecular complexity index is 2780. The second-order valence-electron chi connectivity index (χ2n) is 12.0. The van der Waals surface area contributed by atoms with Gasteiger partial charge in [0.15, 0.2) is 0 Å². The van der Waals surface area contributed by atoms with Crippen LogP contribution in [0.2, 0.25) is 0 Å². The molecule has 1 heterocycles. The van der Waals surface area contributed by atoms with Crippen LogP contribution >= 0.6 is 11.3 Å². The van der Waals surface area contributed by atoms with E-state index in [4.69, 9.17) is 0 Å². The van der Waals surface area contributed by atoms with E-state index in [-0.39, 0.29) is 0 Å². The van der Waals surface area contributed by atoms with Gasteiger partial charge in [0.25, 0.3) is 0 Å². The van der Waals surface area contributed by atoms with Crippen LogP contribution in [0.5, 0.6) is 0 Å². The smallest absolute Gasteiger partial charge is 0.0361 e. The van der Waals surface area contributed by atoms with Crippen molar-refractivity contribution in [2.45, 2.75) is 0 Å². The van der Waals surface area contributed by atoms with Crippen molar-refractivity contribution in [3.8, 4) is 22.3 Å². The molecule has 0 aliphatic carbocycles. The zero-order valence-corrected chi connectivity index (χ0v) is 25.2. The van der Waals surface area contributed by atoms with E-state index in [1.807, 2.05) is 11.3 Å². The number of rotatable bonds is 2. The topological polar surface area (TPSA) is 0 Å². The predicted molar refractivity (Wildman–Crippen MR) is 198 cm³/mol. The molecule has 0 amide bonds. The molecule has 45 heavy (non-hydrogen) atoms. The van der Waals surface area contributed by atoms with Gasteiger partial charge in [-0.3, -0.25) is 0 Å². The van der Waals surface area contributed by atoms with E-state index < -0.39 is 0 Å². The highest BCUT2D eigenvalue weighted by Crippen LogP contribution is 2.45. The second-order valence-corrected chi connectivity index (χ2v) is 13.1. The van der Waals surface area contributed by atoms with Crippen LogP contribution in [0.25, 0.3) is 96.3 Å². The first-order valence-corrected chi connectivity index (χ1v) is 16.3. The lowest BCUT2D eigenvalue weighted by molar-refractivity contribution is 1.62. The lowest BCUT2D eigenvalue weighted by Crippen LogP contribution is -1.89. The van der Waals surface area contributed by atoms with Crippen molar-refractivity contribution >= 4 is 85.4 Å². The van der Waals surface area contributed by atoms with E-state index in [0.717, 1.165) is 0 Å². The van der Waals surface area contributed by atoms with Crippen LogP contribution in [-0.2, 0) is 0 Å². The minimum absolute atomic E-state index is 1.23. The summed E-state index contributed by atoms with van der Waals surface area (Å²) < 4.78 is 2.68. The molecule has 1 heteroatoms. The molecule has 10 rings (SSSR count). The van der Waals surface area contributed by atoms with Gasteiger partial charge in [0.2, 0.25) is 0 Å². The normalized spacial score (nSPS) is 12.0. The fourth-order valence-electron chi connectivity index (χ4n) is 7.56. The van der Waals surface area contributed by atoms with Gasteiger partial charge in [-0.05, 0) is 94.3 Å².